The quantitative estimate of drug-likeness (QED) is 0.312. The topological polar surface area (TPSA) is 174 Å². The van der Waals surface area contributed by atoms with Crippen molar-refractivity contribution in [1.29, 1.82) is 0 Å². The van der Waals surface area contributed by atoms with E-state index in [1.54, 1.807) is 13.8 Å². The summed E-state index contributed by atoms with van der Waals surface area (Å²) >= 11 is 0. The Labute approximate surface area is 262 Å². The highest BCUT2D eigenvalue weighted by atomic mass is 16.4. The maximum absolute atomic E-state index is 13.9. The fourth-order valence-electron chi connectivity index (χ4n) is 6.07. The van der Waals surface area contributed by atoms with Crippen LogP contribution in [0.3, 0.4) is 0 Å². The van der Waals surface area contributed by atoms with Crippen molar-refractivity contribution >= 4 is 46.3 Å². The number of carbonyl (C=O) groups is 6. The van der Waals surface area contributed by atoms with Crippen LogP contribution in [-0.2, 0) is 35.2 Å². The number of nitrogens with zero attached hydrogens (tertiary/aromatic N) is 1. The van der Waals surface area contributed by atoms with Crippen LogP contribution in [0.5, 0.6) is 0 Å². The van der Waals surface area contributed by atoms with E-state index in [-0.39, 0.29) is 31.2 Å². The van der Waals surface area contributed by atoms with Crippen molar-refractivity contribution in [2.75, 3.05) is 6.54 Å². The predicted octanol–water partition coefficient (Wildman–Crippen LogP) is 1.50. The van der Waals surface area contributed by atoms with Crippen LogP contribution in [0.1, 0.15) is 58.9 Å². The first-order chi connectivity index (χ1) is 21.3. The van der Waals surface area contributed by atoms with Crippen LogP contribution in [0.15, 0.2) is 42.5 Å². The standard InChI is InChI=1S/C33H43N5O7/c1-18(2)15-23-29(41)34-24(16-21-11-7-10-20-9-5-6-12-22(20)21)30(42)36-25(17-27(39)40)33(45)38-14-8-13-26(38)31(43)37-28(19(3)4)32(44)35-23/h5-7,9-12,18-19,23-26,28H,8,13-17H2,1-4H3,(H,34,41)(H,35,44)(H,36,42)(H,37,43)(H,39,40)/t23-,24-,25+,26-,28+/m0/s1. The van der Waals surface area contributed by atoms with E-state index in [0.29, 0.717) is 12.8 Å². The normalized spacial score (nSPS) is 25.2. The summed E-state index contributed by atoms with van der Waals surface area (Å²) < 4.78 is 0. The van der Waals surface area contributed by atoms with Gasteiger partial charge in [0.2, 0.25) is 29.5 Å². The monoisotopic (exact) mass is 621 g/mol. The van der Waals surface area contributed by atoms with Crippen LogP contribution < -0.4 is 21.3 Å². The summed E-state index contributed by atoms with van der Waals surface area (Å²) in [5.74, 6) is -4.84. The molecule has 2 aliphatic rings. The molecule has 2 saturated heterocycles. The zero-order valence-corrected chi connectivity index (χ0v) is 26.2. The Hall–Kier alpha value is -4.48. The largest absolute Gasteiger partial charge is 0.481 e. The van der Waals surface area contributed by atoms with E-state index in [1.807, 2.05) is 56.3 Å². The summed E-state index contributed by atoms with van der Waals surface area (Å²) in [5, 5.41) is 22.4. The second-order valence-corrected chi connectivity index (χ2v) is 12.7. The fourth-order valence-corrected chi connectivity index (χ4v) is 6.07. The van der Waals surface area contributed by atoms with Crippen molar-refractivity contribution < 1.29 is 33.9 Å². The fraction of sp³-hybridized carbons (Fsp3) is 0.515. The molecule has 0 radical (unpaired) electrons. The third-order valence-corrected chi connectivity index (χ3v) is 8.36. The molecule has 2 fully saturated rings. The molecule has 0 aromatic heterocycles. The summed E-state index contributed by atoms with van der Waals surface area (Å²) in [6.45, 7) is 7.51. The molecular formula is C33H43N5O7. The lowest BCUT2D eigenvalue weighted by Crippen LogP contribution is -2.59. The molecule has 242 valence electrons. The number of hydrogen-bond acceptors (Lipinski definition) is 6. The van der Waals surface area contributed by atoms with Crippen LogP contribution in [0.2, 0.25) is 0 Å². The minimum Gasteiger partial charge on any atom is -0.481 e. The molecular weight excluding hydrogens is 578 g/mol. The van der Waals surface area contributed by atoms with E-state index in [9.17, 15) is 33.9 Å². The molecule has 12 nitrogen and oxygen atoms in total. The van der Waals surface area contributed by atoms with Crippen LogP contribution in [0.25, 0.3) is 10.8 Å². The zero-order chi connectivity index (χ0) is 32.8. The number of fused-ring (bicyclic) bond motifs is 2. The lowest BCUT2D eigenvalue weighted by atomic mass is 9.97. The van der Waals surface area contributed by atoms with Gasteiger partial charge in [0, 0.05) is 13.0 Å². The number of carboxylic acids is 1. The number of carbonyl (C=O) groups excluding carboxylic acids is 5. The first-order valence-corrected chi connectivity index (χ1v) is 15.6. The first-order valence-electron chi connectivity index (χ1n) is 15.6. The highest BCUT2D eigenvalue weighted by molar-refractivity contribution is 5.99. The van der Waals surface area contributed by atoms with Gasteiger partial charge in [-0.1, -0.05) is 70.2 Å². The number of carboxylic acid groups (broad SMARTS) is 1. The number of rotatable bonds is 7. The highest BCUT2D eigenvalue weighted by Crippen LogP contribution is 2.22. The average molecular weight is 622 g/mol. The Morgan fingerprint density at radius 2 is 1.47 bits per heavy atom. The third kappa shape index (κ3) is 8.17. The molecule has 2 heterocycles. The van der Waals surface area contributed by atoms with E-state index in [1.165, 1.54) is 4.90 Å². The maximum Gasteiger partial charge on any atom is 0.305 e. The molecule has 45 heavy (non-hydrogen) atoms. The molecule has 12 heteroatoms. The molecule has 4 rings (SSSR count). The van der Waals surface area contributed by atoms with Gasteiger partial charge < -0.3 is 31.3 Å². The third-order valence-electron chi connectivity index (χ3n) is 8.36. The van der Waals surface area contributed by atoms with Gasteiger partial charge in [0.15, 0.2) is 0 Å². The highest BCUT2D eigenvalue weighted by Gasteiger charge is 2.41. The van der Waals surface area contributed by atoms with Gasteiger partial charge in [-0.05, 0) is 47.4 Å². The van der Waals surface area contributed by atoms with Crippen LogP contribution >= 0.6 is 0 Å². The smallest absolute Gasteiger partial charge is 0.305 e. The van der Waals surface area contributed by atoms with Gasteiger partial charge in [-0.3, -0.25) is 28.8 Å². The zero-order valence-electron chi connectivity index (χ0n) is 26.2. The van der Waals surface area contributed by atoms with Crippen LogP contribution in [0, 0.1) is 11.8 Å². The van der Waals surface area contributed by atoms with Crippen molar-refractivity contribution in [3.63, 3.8) is 0 Å². The molecule has 2 aliphatic heterocycles. The first kappa shape index (κ1) is 33.4. The lowest BCUT2D eigenvalue weighted by molar-refractivity contribution is -0.146. The van der Waals surface area contributed by atoms with E-state index >= 15 is 0 Å². The molecule has 0 unspecified atom stereocenters. The van der Waals surface area contributed by atoms with Gasteiger partial charge in [0.25, 0.3) is 0 Å². The minimum absolute atomic E-state index is 0.00909. The van der Waals surface area contributed by atoms with Crippen molar-refractivity contribution in [2.24, 2.45) is 11.8 Å². The number of hydrogen-bond donors (Lipinski definition) is 5. The molecule has 2 aromatic carbocycles. The van der Waals surface area contributed by atoms with Gasteiger partial charge in [0.05, 0.1) is 6.42 Å². The second-order valence-electron chi connectivity index (χ2n) is 12.7. The summed E-state index contributed by atoms with van der Waals surface area (Å²) in [4.78, 5) is 81.6. The summed E-state index contributed by atoms with van der Waals surface area (Å²) in [7, 11) is 0. The SMILES string of the molecule is CC(C)C[C@@H]1NC(=O)[C@@H](C(C)C)NC(=O)[C@@H]2CCCN2C(=O)[C@@H](CC(=O)O)NC(=O)[C@H](Cc2cccc3ccccc23)NC1=O. The molecule has 2 aromatic rings. The minimum atomic E-state index is -1.48. The summed E-state index contributed by atoms with van der Waals surface area (Å²) in [6, 6.07) is 7.54. The van der Waals surface area contributed by atoms with Gasteiger partial charge in [-0.25, -0.2) is 0 Å². The number of benzene rings is 2. The average Bonchev–Trinajstić information content (AvgIpc) is 3.47. The Bertz CT molecular complexity index is 1450. The molecule has 0 saturated carbocycles. The van der Waals surface area contributed by atoms with Gasteiger partial charge in [-0.2, -0.15) is 0 Å². The molecule has 5 atom stereocenters. The van der Waals surface area contributed by atoms with Crippen LogP contribution in [0.4, 0.5) is 0 Å². The lowest BCUT2D eigenvalue weighted by Gasteiger charge is -2.30. The molecule has 5 N–H and O–H groups in total. The Balaban J connectivity index is 1.78. The molecule has 0 aliphatic carbocycles. The van der Waals surface area contributed by atoms with E-state index < -0.39 is 72.1 Å². The Kier molecular flexibility index (Phi) is 10.8. The predicted molar refractivity (Wildman–Crippen MR) is 167 cm³/mol. The summed E-state index contributed by atoms with van der Waals surface area (Å²) in [6.07, 6.45) is 0.393. The van der Waals surface area contributed by atoms with E-state index in [0.717, 1.165) is 16.3 Å². The summed E-state index contributed by atoms with van der Waals surface area (Å²) in [5.41, 5.74) is 0.756. The van der Waals surface area contributed by atoms with Gasteiger partial charge in [0.1, 0.15) is 30.2 Å². The number of aliphatic carboxylic acids is 1. The van der Waals surface area contributed by atoms with Crippen molar-refractivity contribution in [1.82, 2.24) is 26.2 Å². The van der Waals surface area contributed by atoms with Crippen molar-refractivity contribution in [2.45, 2.75) is 90.0 Å². The van der Waals surface area contributed by atoms with Gasteiger partial charge >= 0.3 is 5.97 Å². The van der Waals surface area contributed by atoms with E-state index in [2.05, 4.69) is 21.3 Å². The van der Waals surface area contributed by atoms with E-state index in [4.69, 9.17) is 0 Å². The van der Waals surface area contributed by atoms with Gasteiger partial charge in [-0.15, -0.1) is 0 Å². The van der Waals surface area contributed by atoms with Crippen LogP contribution in [-0.4, -0.2) is 82.3 Å². The number of nitrogens with one attached hydrogen (secondary N) is 4. The maximum atomic E-state index is 13.9. The Morgan fingerprint density at radius 1 is 0.822 bits per heavy atom. The molecule has 0 spiro atoms. The number of amides is 5. The molecule has 5 amide bonds. The van der Waals surface area contributed by atoms with Crippen molar-refractivity contribution in [3.05, 3.63) is 48.0 Å². The van der Waals surface area contributed by atoms with Crippen molar-refractivity contribution in [3.8, 4) is 0 Å². The molecule has 0 bridgehead atoms. The Morgan fingerprint density at radius 3 is 2.16 bits per heavy atom. The second kappa shape index (κ2) is 14.5.